The summed E-state index contributed by atoms with van der Waals surface area (Å²) in [4.78, 5) is 17.8. The SMILES string of the molecule is CN(CC(=O)Nc1nccs1)Cc1ccc2c(c1)OCO2. The molecule has 0 fully saturated rings. The zero-order valence-corrected chi connectivity index (χ0v) is 12.4. The minimum Gasteiger partial charge on any atom is -0.454 e. The Morgan fingerprint density at radius 1 is 1.43 bits per heavy atom. The van der Waals surface area contributed by atoms with E-state index in [2.05, 4.69) is 10.3 Å². The molecule has 6 nitrogen and oxygen atoms in total. The molecule has 1 aliphatic heterocycles. The molecule has 0 atom stereocenters. The van der Waals surface area contributed by atoms with Crippen molar-refractivity contribution in [2.75, 3.05) is 25.7 Å². The van der Waals surface area contributed by atoms with E-state index in [0.717, 1.165) is 17.1 Å². The molecule has 0 radical (unpaired) electrons. The first-order valence-corrected chi connectivity index (χ1v) is 7.35. The lowest BCUT2D eigenvalue weighted by molar-refractivity contribution is -0.117. The fourth-order valence-corrected chi connectivity index (χ4v) is 2.64. The van der Waals surface area contributed by atoms with Crippen LogP contribution >= 0.6 is 11.3 Å². The number of amides is 1. The van der Waals surface area contributed by atoms with E-state index in [1.807, 2.05) is 35.5 Å². The maximum atomic E-state index is 11.9. The number of aromatic nitrogens is 1. The van der Waals surface area contributed by atoms with Crippen molar-refractivity contribution >= 4 is 22.4 Å². The summed E-state index contributed by atoms with van der Waals surface area (Å²) >= 11 is 1.40. The van der Waals surface area contributed by atoms with Crippen LogP contribution in [0.4, 0.5) is 5.13 Å². The molecule has 0 saturated carbocycles. The molecule has 1 aliphatic rings. The first-order valence-electron chi connectivity index (χ1n) is 6.47. The molecule has 0 unspecified atom stereocenters. The summed E-state index contributed by atoms with van der Waals surface area (Å²) in [6.07, 6.45) is 1.66. The first kappa shape index (κ1) is 13.8. The Morgan fingerprint density at radius 3 is 3.10 bits per heavy atom. The minimum atomic E-state index is -0.0757. The number of fused-ring (bicyclic) bond motifs is 1. The Bertz CT molecular complexity index is 630. The van der Waals surface area contributed by atoms with Crippen molar-refractivity contribution in [2.24, 2.45) is 0 Å². The van der Waals surface area contributed by atoms with Crippen molar-refractivity contribution in [1.82, 2.24) is 9.88 Å². The lowest BCUT2D eigenvalue weighted by Gasteiger charge is -2.16. The Hall–Kier alpha value is -2.12. The van der Waals surface area contributed by atoms with E-state index in [0.29, 0.717) is 18.2 Å². The van der Waals surface area contributed by atoms with Crippen molar-refractivity contribution in [1.29, 1.82) is 0 Å². The van der Waals surface area contributed by atoms with Gasteiger partial charge < -0.3 is 14.8 Å². The Labute approximate surface area is 126 Å². The number of likely N-dealkylation sites (N-methyl/N-ethyl adjacent to an activating group) is 1. The van der Waals surface area contributed by atoms with E-state index in [9.17, 15) is 4.79 Å². The van der Waals surface area contributed by atoms with E-state index in [1.165, 1.54) is 11.3 Å². The van der Waals surface area contributed by atoms with Crippen LogP contribution in [-0.4, -0.2) is 36.2 Å². The first-order chi connectivity index (χ1) is 10.2. The lowest BCUT2D eigenvalue weighted by atomic mass is 10.2. The van der Waals surface area contributed by atoms with Gasteiger partial charge in [0.05, 0.1) is 6.54 Å². The number of hydrogen-bond acceptors (Lipinski definition) is 6. The zero-order chi connectivity index (χ0) is 14.7. The highest BCUT2D eigenvalue weighted by Crippen LogP contribution is 2.32. The van der Waals surface area contributed by atoms with Gasteiger partial charge in [-0.25, -0.2) is 4.98 Å². The third kappa shape index (κ3) is 3.50. The van der Waals surface area contributed by atoms with Crippen molar-refractivity contribution in [3.63, 3.8) is 0 Å². The highest BCUT2D eigenvalue weighted by molar-refractivity contribution is 7.13. The average molecular weight is 305 g/mol. The van der Waals surface area contributed by atoms with Gasteiger partial charge in [-0.2, -0.15) is 0 Å². The van der Waals surface area contributed by atoms with Crippen LogP contribution in [0.15, 0.2) is 29.8 Å². The summed E-state index contributed by atoms with van der Waals surface area (Å²) in [5.74, 6) is 1.45. The molecular formula is C14H15N3O3S. The van der Waals surface area contributed by atoms with Crippen LogP contribution in [0.5, 0.6) is 11.5 Å². The van der Waals surface area contributed by atoms with Gasteiger partial charge >= 0.3 is 0 Å². The number of hydrogen-bond donors (Lipinski definition) is 1. The van der Waals surface area contributed by atoms with E-state index < -0.39 is 0 Å². The topological polar surface area (TPSA) is 63.7 Å². The van der Waals surface area contributed by atoms with E-state index in [-0.39, 0.29) is 12.7 Å². The number of benzene rings is 1. The summed E-state index contributed by atoms with van der Waals surface area (Å²) < 4.78 is 10.6. The average Bonchev–Trinajstić information content (AvgIpc) is 3.08. The van der Waals surface area contributed by atoms with Crippen LogP contribution < -0.4 is 14.8 Å². The summed E-state index contributed by atoms with van der Waals surface area (Å²) in [6, 6.07) is 5.81. The number of anilines is 1. The van der Waals surface area contributed by atoms with Crippen LogP contribution in [0.25, 0.3) is 0 Å². The largest absolute Gasteiger partial charge is 0.454 e. The molecule has 1 aromatic heterocycles. The summed E-state index contributed by atoms with van der Waals surface area (Å²) in [5.41, 5.74) is 1.07. The number of nitrogens with one attached hydrogen (secondary N) is 1. The fourth-order valence-electron chi connectivity index (χ4n) is 2.10. The molecule has 3 rings (SSSR count). The molecule has 0 aliphatic carbocycles. The molecule has 0 spiro atoms. The van der Waals surface area contributed by atoms with Gasteiger partial charge in [0.25, 0.3) is 0 Å². The molecule has 0 bridgehead atoms. The van der Waals surface area contributed by atoms with E-state index in [4.69, 9.17) is 9.47 Å². The quantitative estimate of drug-likeness (QED) is 0.914. The van der Waals surface area contributed by atoms with Gasteiger partial charge in [0.2, 0.25) is 12.7 Å². The van der Waals surface area contributed by atoms with E-state index >= 15 is 0 Å². The highest BCUT2D eigenvalue weighted by atomic mass is 32.1. The van der Waals surface area contributed by atoms with Gasteiger partial charge in [0.1, 0.15) is 0 Å². The maximum absolute atomic E-state index is 11.9. The van der Waals surface area contributed by atoms with E-state index in [1.54, 1.807) is 6.20 Å². The third-order valence-corrected chi connectivity index (χ3v) is 3.67. The fraction of sp³-hybridized carbons (Fsp3) is 0.286. The summed E-state index contributed by atoms with van der Waals surface area (Å²) in [7, 11) is 1.89. The predicted octanol–water partition coefficient (Wildman–Crippen LogP) is 1.94. The van der Waals surface area contributed by atoms with Gasteiger partial charge in [-0.1, -0.05) is 6.07 Å². The second kappa shape index (κ2) is 6.11. The van der Waals surface area contributed by atoms with Crippen LogP contribution in [0.1, 0.15) is 5.56 Å². The van der Waals surface area contributed by atoms with Crippen LogP contribution in [0, 0.1) is 0 Å². The second-order valence-electron chi connectivity index (χ2n) is 4.75. The Kier molecular flexibility index (Phi) is 4.03. The van der Waals surface area contributed by atoms with Gasteiger partial charge in [-0.15, -0.1) is 11.3 Å². The zero-order valence-electron chi connectivity index (χ0n) is 11.5. The van der Waals surface area contributed by atoms with Gasteiger partial charge in [-0.3, -0.25) is 9.69 Å². The number of ether oxygens (including phenoxy) is 2. The molecule has 110 valence electrons. The van der Waals surface area contributed by atoms with Gasteiger partial charge in [0, 0.05) is 18.1 Å². The Balaban J connectivity index is 1.54. The van der Waals surface area contributed by atoms with Gasteiger partial charge in [-0.05, 0) is 24.7 Å². The molecule has 1 aromatic carbocycles. The minimum absolute atomic E-state index is 0.0757. The number of nitrogens with zero attached hydrogens (tertiary/aromatic N) is 2. The molecule has 0 saturated heterocycles. The molecule has 2 aromatic rings. The molecular weight excluding hydrogens is 290 g/mol. The van der Waals surface area contributed by atoms with Crippen molar-refractivity contribution in [3.8, 4) is 11.5 Å². The standard InChI is InChI=1S/C14H15N3O3S/c1-17(8-13(18)16-14-15-4-5-21-14)7-10-2-3-11-12(6-10)20-9-19-11/h2-6H,7-9H2,1H3,(H,15,16,18). The smallest absolute Gasteiger partial charge is 0.240 e. The summed E-state index contributed by atoms with van der Waals surface area (Å²) in [5, 5.41) is 5.21. The van der Waals surface area contributed by atoms with Crippen LogP contribution in [0.3, 0.4) is 0 Å². The molecule has 7 heteroatoms. The van der Waals surface area contributed by atoms with Crippen LogP contribution in [-0.2, 0) is 11.3 Å². The predicted molar refractivity (Wildman–Crippen MR) is 79.6 cm³/mol. The number of thiazole rings is 1. The number of carbonyl (C=O) groups is 1. The van der Waals surface area contributed by atoms with Gasteiger partial charge in [0.15, 0.2) is 16.6 Å². The maximum Gasteiger partial charge on any atom is 0.240 e. The normalized spacial score (nSPS) is 12.7. The van der Waals surface area contributed by atoms with Crippen LogP contribution in [0.2, 0.25) is 0 Å². The molecule has 21 heavy (non-hydrogen) atoms. The molecule has 1 amide bonds. The van der Waals surface area contributed by atoms with Crippen molar-refractivity contribution in [3.05, 3.63) is 35.3 Å². The van der Waals surface area contributed by atoms with Crippen molar-refractivity contribution < 1.29 is 14.3 Å². The third-order valence-electron chi connectivity index (χ3n) is 2.98. The molecule has 1 N–H and O–H groups in total. The summed E-state index contributed by atoms with van der Waals surface area (Å²) in [6.45, 7) is 1.22. The Morgan fingerprint density at radius 2 is 2.29 bits per heavy atom. The monoisotopic (exact) mass is 305 g/mol. The van der Waals surface area contributed by atoms with Crippen molar-refractivity contribution in [2.45, 2.75) is 6.54 Å². The number of rotatable bonds is 5. The lowest BCUT2D eigenvalue weighted by Crippen LogP contribution is -2.29. The highest BCUT2D eigenvalue weighted by Gasteiger charge is 2.14. The second-order valence-corrected chi connectivity index (χ2v) is 5.64. The number of carbonyl (C=O) groups excluding carboxylic acids is 1. The molecule has 2 heterocycles.